The van der Waals surface area contributed by atoms with E-state index in [2.05, 4.69) is 208 Å². The highest BCUT2D eigenvalue weighted by Crippen LogP contribution is 2.56. The Balaban J connectivity index is 1.38. The van der Waals surface area contributed by atoms with Crippen LogP contribution in [0, 0.1) is 22.7 Å². The summed E-state index contributed by atoms with van der Waals surface area (Å²) in [7, 11) is 0. The average molecular weight is 935 g/mol. The number of hydrogen-bond donors (Lipinski definition) is 0. The predicted molar refractivity (Wildman–Crippen MR) is 299 cm³/mol. The van der Waals surface area contributed by atoms with Crippen molar-refractivity contribution in [1.82, 2.24) is 9.13 Å². The van der Waals surface area contributed by atoms with E-state index in [0.717, 1.165) is 50.2 Å². The zero-order valence-corrected chi connectivity index (χ0v) is 41.4. The van der Waals surface area contributed by atoms with Crippen molar-refractivity contribution in [3.8, 4) is 45.8 Å². The third-order valence-corrected chi connectivity index (χ3v) is 16.6. The molecule has 0 bridgehead atoms. The van der Waals surface area contributed by atoms with Crippen LogP contribution in [-0.4, -0.2) is 9.13 Å². The van der Waals surface area contributed by atoms with Crippen molar-refractivity contribution in [2.24, 2.45) is 0 Å². The molecule has 0 saturated heterocycles. The van der Waals surface area contributed by atoms with E-state index < -0.39 is 10.8 Å². The lowest BCUT2D eigenvalue weighted by atomic mass is 9.71. The van der Waals surface area contributed by atoms with Crippen LogP contribution in [0.3, 0.4) is 0 Å². The summed E-state index contributed by atoms with van der Waals surface area (Å²) in [4.78, 5) is 0. The molecule has 9 aromatic carbocycles. The maximum atomic E-state index is 10.3. The van der Waals surface area contributed by atoms with Crippen LogP contribution in [-0.2, 0) is 10.8 Å². The van der Waals surface area contributed by atoms with E-state index in [4.69, 9.17) is 0 Å². The Labute approximate surface area is 414 Å². The van der Waals surface area contributed by atoms with Gasteiger partial charge in [0.25, 0.3) is 0 Å². The number of thiophene rings is 2. The van der Waals surface area contributed by atoms with Gasteiger partial charge in [0, 0.05) is 73.0 Å². The van der Waals surface area contributed by atoms with Gasteiger partial charge in [0.15, 0.2) is 0 Å². The first-order valence-electron chi connectivity index (χ1n) is 23.9. The molecule has 0 saturated carbocycles. The maximum absolute atomic E-state index is 10.3. The second-order valence-corrected chi connectivity index (χ2v) is 22.8. The first-order valence-corrected chi connectivity index (χ1v) is 25.5. The van der Waals surface area contributed by atoms with Gasteiger partial charge in [-0.25, -0.2) is 0 Å². The SMILES string of the molecule is CC(C)(C)c1c(-c2ccc(C#N)cc2)c(-n2c3ccccc3c3ccc4sc5ccccc5c4c32)c(-c2ccc(C#N)cc2)c(C(C)(C)C)c1-n1c2ccccc2c2ccc3sc4ccccc4c3c21. The highest BCUT2D eigenvalue weighted by Gasteiger charge is 2.39. The molecule has 13 rings (SSSR count). The van der Waals surface area contributed by atoms with Gasteiger partial charge >= 0.3 is 0 Å². The van der Waals surface area contributed by atoms with Crippen molar-refractivity contribution >= 4 is 107 Å². The lowest BCUT2D eigenvalue weighted by molar-refractivity contribution is 0.565. The largest absolute Gasteiger partial charge is 0.308 e. The van der Waals surface area contributed by atoms with Gasteiger partial charge in [-0.1, -0.05) is 151 Å². The molecule has 4 nitrogen and oxygen atoms in total. The molecule has 0 aliphatic heterocycles. The van der Waals surface area contributed by atoms with Crippen molar-refractivity contribution in [3.63, 3.8) is 0 Å². The van der Waals surface area contributed by atoms with E-state index in [-0.39, 0.29) is 0 Å². The third-order valence-electron chi connectivity index (χ3n) is 14.3. The summed E-state index contributed by atoms with van der Waals surface area (Å²) in [6.45, 7) is 14.2. The number of nitrogens with zero attached hydrogens (tertiary/aromatic N) is 4. The van der Waals surface area contributed by atoms with Crippen molar-refractivity contribution in [2.45, 2.75) is 52.4 Å². The fraction of sp³-hybridized carbons (Fsp3) is 0.125. The number of fused-ring (bicyclic) bond motifs is 14. The van der Waals surface area contributed by atoms with Crippen LogP contribution in [0.1, 0.15) is 63.8 Å². The molecular formula is C64H46N4S2. The Morgan fingerprint density at radius 2 is 0.743 bits per heavy atom. The van der Waals surface area contributed by atoms with Gasteiger partial charge in [0.05, 0.1) is 56.7 Å². The summed E-state index contributed by atoms with van der Waals surface area (Å²) in [5, 5.41) is 30.3. The average Bonchev–Trinajstić information content (AvgIpc) is 4.12. The molecule has 0 N–H and O–H groups in total. The lowest BCUT2D eigenvalue weighted by Crippen LogP contribution is -2.26. The summed E-state index contributed by atoms with van der Waals surface area (Å²) < 4.78 is 10.2. The highest BCUT2D eigenvalue weighted by atomic mass is 32.1. The number of benzene rings is 9. The van der Waals surface area contributed by atoms with Crippen molar-refractivity contribution in [3.05, 3.63) is 192 Å². The van der Waals surface area contributed by atoms with Crippen molar-refractivity contribution < 1.29 is 0 Å². The summed E-state index contributed by atoms with van der Waals surface area (Å²) in [6.07, 6.45) is 0. The number of para-hydroxylation sites is 2. The Bertz CT molecular complexity index is 4330. The van der Waals surface area contributed by atoms with Gasteiger partial charge < -0.3 is 9.13 Å². The quantitative estimate of drug-likeness (QED) is 0.177. The smallest absolute Gasteiger partial charge is 0.0991 e. The van der Waals surface area contributed by atoms with Crippen LogP contribution in [0.5, 0.6) is 0 Å². The fourth-order valence-electron chi connectivity index (χ4n) is 11.6. The number of nitriles is 2. The van der Waals surface area contributed by atoms with Gasteiger partial charge in [-0.3, -0.25) is 0 Å². The molecule has 0 unspecified atom stereocenters. The molecule has 13 aromatic rings. The first kappa shape index (κ1) is 42.1. The molecular weight excluding hydrogens is 889 g/mol. The van der Waals surface area contributed by atoms with Crippen LogP contribution in [0.15, 0.2) is 170 Å². The Hall–Kier alpha value is -8.00. The topological polar surface area (TPSA) is 57.4 Å². The summed E-state index contributed by atoms with van der Waals surface area (Å²) in [5.41, 5.74) is 13.8. The number of aromatic nitrogens is 2. The maximum Gasteiger partial charge on any atom is 0.0991 e. The molecule has 70 heavy (non-hydrogen) atoms. The van der Waals surface area contributed by atoms with Gasteiger partial charge in [-0.2, -0.15) is 10.5 Å². The molecule has 4 aromatic heterocycles. The van der Waals surface area contributed by atoms with E-state index >= 15 is 0 Å². The van der Waals surface area contributed by atoms with E-state index in [1.807, 2.05) is 46.9 Å². The van der Waals surface area contributed by atoms with Crippen molar-refractivity contribution in [1.29, 1.82) is 10.5 Å². The van der Waals surface area contributed by atoms with Gasteiger partial charge in [0.2, 0.25) is 0 Å². The van der Waals surface area contributed by atoms with Crippen LogP contribution in [0.25, 0.3) is 118 Å². The fourth-order valence-corrected chi connectivity index (χ4v) is 13.8. The van der Waals surface area contributed by atoms with Crippen molar-refractivity contribution in [2.75, 3.05) is 0 Å². The molecule has 0 radical (unpaired) electrons. The van der Waals surface area contributed by atoms with E-state index in [1.54, 1.807) is 0 Å². The highest BCUT2D eigenvalue weighted by molar-refractivity contribution is 7.26. The molecule has 0 atom stereocenters. The molecule has 0 spiro atoms. The van der Waals surface area contributed by atoms with Crippen LogP contribution < -0.4 is 0 Å². The van der Waals surface area contributed by atoms with Gasteiger partial charge in [0.1, 0.15) is 0 Å². The molecule has 6 heteroatoms. The van der Waals surface area contributed by atoms with Crippen LogP contribution >= 0.6 is 22.7 Å². The lowest BCUT2D eigenvalue weighted by Gasteiger charge is -2.38. The summed E-state index contributed by atoms with van der Waals surface area (Å²) in [6, 6.07) is 66.2. The van der Waals surface area contributed by atoms with E-state index in [9.17, 15) is 10.5 Å². The van der Waals surface area contributed by atoms with E-state index in [0.29, 0.717) is 11.1 Å². The Kier molecular flexibility index (Phi) is 9.18. The molecule has 334 valence electrons. The van der Waals surface area contributed by atoms with Crippen LogP contribution in [0.4, 0.5) is 0 Å². The van der Waals surface area contributed by atoms with E-state index in [1.165, 1.54) is 78.5 Å². The Morgan fingerprint density at radius 1 is 0.371 bits per heavy atom. The minimum atomic E-state index is -0.456. The second kappa shape index (κ2) is 15.3. The second-order valence-electron chi connectivity index (χ2n) is 20.6. The molecule has 0 aliphatic rings. The zero-order chi connectivity index (χ0) is 47.8. The van der Waals surface area contributed by atoms with Gasteiger partial charge in [-0.05, 0) is 93.7 Å². The standard InChI is InChI=1S/C64H46N4S2/c1-63(2,3)57-53(39-27-23-37(35-65)24-28-39)61(67-47-19-11-7-15-41(47)43-31-33-51-55(59(43)67)45-17-9-13-21-49(45)69-51)54(40-29-25-38(36-66)26-30-40)58(64(4,5)6)62(57)68-48-20-12-8-16-42(48)44-32-34-52-56(60(44)68)46-18-10-14-22-50(46)70-52/h7-34H,1-6H3. The first-order chi connectivity index (χ1) is 33.9. The molecule has 4 heterocycles. The third kappa shape index (κ3) is 6.04. The van der Waals surface area contributed by atoms with Crippen LogP contribution in [0.2, 0.25) is 0 Å². The molecule has 0 aliphatic carbocycles. The monoisotopic (exact) mass is 934 g/mol. The minimum Gasteiger partial charge on any atom is -0.308 e. The number of hydrogen-bond acceptors (Lipinski definition) is 4. The normalized spacial score (nSPS) is 12.4. The van der Waals surface area contributed by atoms with Gasteiger partial charge in [-0.15, -0.1) is 22.7 Å². The number of rotatable bonds is 4. The minimum absolute atomic E-state index is 0.456. The Morgan fingerprint density at radius 3 is 1.14 bits per heavy atom. The zero-order valence-electron chi connectivity index (χ0n) is 39.8. The molecule has 0 fully saturated rings. The predicted octanol–water partition coefficient (Wildman–Crippen LogP) is 18.3. The summed E-state index contributed by atoms with van der Waals surface area (Å²) >= 11 is 3.70. The molecule has 0 amide bonds. The summed E-state index contributed by atoms with van der Waals surface area (Å²) in [5.74, 6) is 0.